The molecule has 0 aliphatic carbocycles. The zero-order valence-electron chi connectivity index (χ0n) is 11.8. The molecule has 3 aromatic rings. The summed E-state index contributed by atoms with van der Waals surface area (Å²) in [6, 6.07) is 5.35. The molecule has 0 unspecified atom stereocenters. The zero-order chi connectivity index (χ0) is 15.0. The summed E-state index contributed by atoms with van der Waals surface area (Å²) in [6.07, 6.45) is 0. The van der Waals surface area contributed by atoms with E-state index in [1.54, 1.807) is 16.8 Å². The van der Waals surface area contributed by atoms with Gasteiger partial charge >= 0.3 is 0 Å². The van der Waals surface area contributed by atoms with E-state index in [1.165, 1.54) is 0 Å². The Bertz CT molecular complexity index is 780. The topological polar surface area (TPSA) is 81.5 Å². The molecule has 0 saturated carbocycles. The lowest BCUT2D eigenvalue weighted by atomic mass is 10.2. The van der Waals surface area contributed by atoms with Crippen molar-refractivity contribution in [1.29, 1.82) is 0 Å². The molecule has 2 heterocycles. The first-order valence-corrected chi connectivity index (χ1v) is 6.65. The van der Waals surface area contributed by atoms with E-state index in [9.17, 15) is 0 Å². The number of benzene rings is 1. The van der Waals surface area contributed by atoms with Crippen LogP contribution in [0.1, 0.15) is 11.3 Å². The van der Waals surface area contributed by atoms with Crippen LogP contribution in [0.5, 0.6) is 11.6 Å². The van der Waals surface area contributed by atoms with Crippen LogP contribution >= 0.6 is 11.6 Å². The predicted octanol–water partition coefficient (Wildman–Crippen LogP) is 2.66. The maximum Gasteiger partial charge on any atom is 0.220 e. The summed E-state index contributed by atoms with van der Waals surface area (Å²) in [5.41, 5.74) is 2.68. The number of aromatic amines is 1. The molecule has 0 aliphatic rings. The normalized spacial score (nSPS) is 10.9. The summed E-state index contributed by atoms with van der Waals surface area (Å²) >= 11 is 6.20. The Morgan fingerprint density at radius 2 is 2.10 bits per heavy atom. The van der Waals surface area contributed by atoms with E-state index in [0.717, 1.165) is 16.8 Å². The van der Waals surface area contributed by atoms with Gasteiger partial charge < -0.3 is 4.74 Å². The van der Waals surface area contributed by atoms with E-state index < -0.39 is 0 Å². The van der Waals surface area contributed by atoms with E-state index >= 15 is 0 Å². The second-order valence-electron chi connectivity index (χ2n) is 4.64. The molecule has 0 spiro atoms. The van der Waals surface area contributed by atoms with Gasteiger partial charge in [0.25, 0.3) is 0 Å². The lowest BCUT2D eigenvalue weighted by molar-refractivity contribution is 0.428. The van der Waals surface area contributed by atoms with Crippen LogP contribution in [-0.2, 0) is 7.05 Å². The predicted molar refractivity (Wildman–Crippen MR) is 77.4 cm³/mol. The second kappa shape index (κ2) is 5.17. The lowest BCUT2D eigenvalue weighted by Crippen LogP contribution is -1.96. The third-order valence-corrected chi connectivity index (χ3v) is 3.53. The molecule has 1 N–H and O–H groups in total. The van der Waals surface area contributed by atoms with Crippen LogP contribution in [0.4, 0.5) is 0 Å². The van der Waals surface area contributed by atoms with Gasteiger partial charge in [-0.05, 0) is 42.5 Å². The van der Waals surface area contributed by atoms with Gasteiger partial charge in [0.05, 0.1) is 10.7 Å². The summed E-state index contributed by atoms with van der Waals surface area (Å²) in [4.78, 5) is 0. The van der Waals surface area contributed by atoms with Crippen molar-refractivity contribution in [2.45, 2.75) is 13.8 Å². The highest BCUT2D eigenvalue weighted by atomic mass is 35.5. The van der Waals surface area contributed by atoms with Gasteiger partial charge in [-0.25, -0.2) is 9.78 Å². The fourth-order valence-corrected chi connectivity index (χ4v) is 2.16. The number of ether oxygens (including phenoxy) is 1. The monoisotopic (exact) mass is 304 g/mol. The molecular formula is C13H13ClN6O. The molecule has 8 heteroatoms. The number of halogens is 1. The van der Waals surface area contributed by atoms with E-state index in [2.05, 4.69) is 25.7 Å². The van der Waals surface area contributed by atoms with Crippen LogP contribution in [0.15, 0.2) is 18.2 Å². The first-order valence-electron chi connectivity index (χ1n) is 6.28. The largest absolute Gasteiger partial charge is 0.437 e. The molecule has 0 amide bonds. The molecule has 21 heavy (non-hydrogen) atoms. The summed E-state index contributed by atoms with van der Waals surface area (Å²) in [7, 11) is 1.83. The van der Waals surface area contributed by atoms with E-state index in [1.807, 2.05) is 27.0 Å². The molecule has 0 atom stereocenters. The van der Waals surface area contributed by atoms with Crippen LogP contribution in [0.2, 0.25) is 5.02 Å². The number of tetrazole rings is 1. The highest BCUT2D eigenvalue weighted by Crippen LogP contribution is 2.34. The van der Waals surface area contributed by atoms with Crippen molar-refractivity contribution in [3.8, 4) is 23.0 Å². The number of aromatic nitrogens is 6. The van der Waals surface area contributed by atoms with Crippen molar-refractivity contribution in [1.82, 2.24) is 30.4 Å². The molecule has 108 valence electrons. The highest BCUT2D eigenvalue weighted by molar-refractivity contribution is 6.32. The van der Waals surface area contributed by atoms with Gasteiger partial charge in [-0.2, -0.15) is 5.10 Å². The Hall–Kier alpha value is -2.41. The maximum atomic E-state index is 6.20. The molecule has 0 saturated heterocycles. The van der Waals surface area contributed by atoms with Crippen molar-refractivity contribution < 1.29 is 4.74 Å². The molecule has 2 aromatic heterocycles. The van der Waals surface area contributed by atoms with Crippen molar-refractivity contribution in [2.24, 2.45) is 7.05 Å². The van der Waals surface area contributed by atoms with Gasteiger partial charge in [0, 0.05) is 18.2 Å². The standard InChI is InChI=1S/C13H13ClN6O/c1-7-8(2)17-20(3)13(7)21-11-6-9(4-5-10(11)14)12-15-18-19-16-12/h4-6H,1-3H3,(H,15,16,18,19). The number of aryl methyl sites for hydroxylation is 2. The first kappa shape index (κ1) is 13.6. The zero-order valence-corrected chi connectivity index (χ0v) is 12.5. The quantitative estimate of drug-likeness (QED) is 0.804. The fourth-order valence-electron chi connectivity index (χ4n) is 2.00. The number of hydrogen-bond donors (Lipinski definition) is 1. The molecule has 7 nitrogen and oxygen atoms in total. The van der Waals surface area contributed by atoms with Gasteiger partial charge in [-0.1, -0.05) is 11.6 Å². The Kier molecular flexibility index (Phi) is 3.34. The number of rotatable bonds is 3. The number of hydrogen-bond acceptors (Lipinski definition) is 5. The van der Waals surface area contributed by atoms with Crippen LogP contribution in [0.3, 0.4) is 0 Å². The molecule has 3 rings (SSSR count). The Morgan fingerprint density at radius 3 is 2.71 bits per heavy atom. The van der Waals surface area contributed by atoms with E-state index in [4.69, 9.17) is 16.3 Å². The molecule has 0 radical (unpaired) electrons. The summed E-state index contributed by atoms with van der Waals surface area (Å²) in [6.45, 7) is 3.89. The molecule has 0 fully saturated rings. The van der Waals surface area contributed by atoms with Gasteiger partial charge in [-0.3, -0.25) is 0 Å². The minimum absolute atomic E-state index is 0.504. The molecule has 0 aliphatic heterocycles. The van der Waals surface area contributed by atoms with E-state index in [0.29, 0.717) is 22.5 Å². The smallest absolute Gasteiger partial charge is 0.220 e. The highest BCUT2D eigenvalue weighted by Gasteiger charge is 2.14. The lowest BCUT2D eigenvalue weighted by Gasteiger charge is -2.09. The SMILES string of the molecule is Cc1nn(C)c(Oc2cc(-c3nnn[nH]3)ccc2Cl)c1C. The Labute approximate surface area is 125 Å². The fraction of sp³-hybridized carbons (Fsp3) is 0.231. The third-order valence-electron chi connectivity index (χ3n) is 3.21. The van der Waals surface area contributed by atoms with Crippen molar-refractivity contribution in [2.75, 3.05) is 0 Å². The molecular weight excluding hydrogens is 292 g/mol. The maximum absolute atomic E-state index is 6.20. The van der Waals surface area contributed by atoms with Crippen molar-refractivity contribution in [3.05, 3.63) is 34.5 Å². The first-order chi connectivity index (χ1) is 10.1. The summed E-state index contributed by atoms with van der Waals surface area (Å²) in [5, 5.41) is 18.5. The Morgan fingerprint density at radius 1 is 1.29 bits per heavy atom. The average Bonchev–Trinajstić information content (AvgIpc) is 3.06. The van der Waals surface area contributed by atoms with Crippen LogP contribution in [0.25, 0.3) is 11.4 Å². The van der Waals surface area contributed by atoms with E-state index in [-0.39, 0.29) is 0 Å². The van der Waals surface area contributed by atoms with Crippen molar-refractivity contribution >= 4 is 11.6 Å². The van der Waals surface area contributed by atoms with Crippen LogP contribution in [0, 0.1) is 13.8 Å². The van der Waals surface area contributed by atoms with Crippen molar-refractivity contribution in [3.63, 3.8) is 0 Å². The van der Waals surface area contributed by atoms with Crippen LogP contribution < -0.4 is 4.74 Å². The van der Waals surface area contributed by atoms with Gasteiger partial charge in [0.1, 0.15) is 5.75 Å². The average molecular weight is 305 g/mol. The summed E-state index contributed by atoms with van der Waals surface area (Å²) < 4.78 is 7.60. The summed E-state index contributed by atoms with van der Waals surface area (Å²) in [5.74, 6) is 1.73. The van der Waals surface area contributed by atoms with Crippen LogP contribution in [-0.4, -0.2) is 30.4 Å². The number of nitrogens with one attached hydrogen (secondary N) is 1. The third kappa shape index (κ3) is 2.47. The molecule has 0 bridgehead atoms. The van der Waals surface area contributed by atoms with Gasteiger partial charge in [0.2, 0.25) is 5.88 Å². The minimum Gasteiger partial charge on any atom is -0.437 e. The number of H-pyrrole nitrogens is 1. The van der Waals surface area contributed by atoms with Gasteiger partial charge in [0.15, 0.2) is 5.82 Å². The Balaban J connectivity index is 2.00. The molecule has 1 aromatic carbocycles. The number of nitrogens with zero attached hydrogens (tertiary/aromatic N) is 5. The second-order valence-corrected chi connectivity index (χ2v) is 5.04. The minimum atomic E-state index is 0.504. The van der Waals surface area contributed by atoms with Gasteiger partial charge in [-0.15, -0.1) is 5.10 Å².